The Labute approximate surface area is 116 Å². The molecule has 7 nitrogen and oxygen atoms in total. The minimum absolute atomic E-state index is 0.300. The molecule has 0 aliphatic carbocycles. The van der Waals surface area contributed by atoms with Crippen LogP contribution >= 0.6 is 0 Å². The third-order valence-corrected chi connectivity index (χ3v) is 2.42. The van der Waals surface area contributed by atoms with Crippen molar-refractivity contribution in [2.24, 2.45) is 0 Å². The van der Waals surface area contributed by atoms with Gasteiger partial charge >= 0.3 is 18.0 Å². The number of carbonyl (C=O) groups excluding carboxylic acids is 3. The maximum absolute atomic E-state index is 11.7. The molecule has 2 amide bonds. The molecule has 0 bridgehead atoms. The van der Waals surface area contributed by atoms with Gasteiger partial charge in [-0.05, 0) is 12.1 Å². The van der Waals surface area contributed by atoms with Crippen LogP contribution in [0.1, 0.15) is 6.42 Å². The molecule has 0 aliphatic rings. The van der Waals surface area contributed by atoms with Crippen molar-refractivity contribution in [2.75, 3.05) is 19.5 Å². The second kappa shape index (κ2) is 7.78. The minimum atomic E-state index is -1.10. The number of hydrogen-bond acceptors (Lipinski definition) is 5. The zero-order chi connectivity index (χ0) is 15.0. The summed E-state index contributed by atoms with van der Waals surface area (Å²) in [7, 11) is 2.37. The quantitative estimate of drug-likeness (QED) is 0.782. The third-order valence-electron chi connectivity index (χ3n) is 2.42. The molecule has 1 aromatic rings. The van der Waals surface area contributed by atoms with Gasteiger partial charge in [-0.1, -0.05) is 18.2 Å². The lowest BCUT2D eigenvalue weighted by molar-refractivity contribution is -0.149. The van der Waals surface area contributed by atoms with Crippen LogP contribution in [0.3, 0.4) is 0 Å². The van der Waals surface area contributed by atoms with Crippen LogP contribution in [0.25, 0.3) is 0 Å². The molecule has 20 heavy (non-hydrogen) atoms. The maximum Gasteiger partial charge on any atom is 0.329 e. The first-order valence-corrected chi connectivity index (χ1v) is 5.84. The van der Waals surface area contributed by atoms with Crippen molar-refractivity contribution in [1.29, 1.82) is 0 Å². The van der Waals surface area contributed by atoms with Crippen molar-refractivity contribution >= 4 is 23.7 Å². The highest BCUT2D eigenvalue weighted by Gasteiger charge is 2.25. The first-order valence-electron chi connectivity index (χ1n) is 5.84. The number of ether oxygens (including phenoxy) is 2. The van der Waals surface area contributed by atoms with Crippen molar-refractivity contribution in [3.8, 4) is 0 Å². The summed E-state index contributed by atoms with van der Waals surface area (Å²) in [6.45, 7) is 0. The lowest BCUT2D eigenvalue weighted by Crippen LogP contribution is -2.45. The monoisotopic (exact) mass is 280 g/mol. The maximum atomic E-state index is 11.7. The smallest absolute Gasteiger partial charge is 0.329 e. The van der Waals surface area contributed by atoms with E-state index in [4.69, 9.17) is 0 Å². The molecule has 0 unspecified atom stereocenters. The number of anilines is 1. The minimum Gasteiger partial charge on any atom is -0.469 e. The molecule has 0 saturated carbocycles. The fourth-order valence-electron chi connectivity index (χ4n) is 1.43. The van der Waals surface area contributed by atoms with E-state index in [0.717, 1.165) is 0 Å². The summed E-state index contributed by atoms with van der Waals surface area (Å²) >= 11 is 0. The van der Waals surface area contributed by atoms with Gasteiger partial charge in [0.15, 0.2) is 0 Å². The van der Waals surface area contributed by atoms with E-state index in [1.165, 1.54) is 14.2 Å². The Balaban J connectivity index is 2.62. The Morgan fingerprint density at radius 3 is 2.30 bits per heavy atom. The fourth-order valence-corrected chi connectivity index (χ4v) is 1.43. The number of methoxy groups -OCH3 is 2. The van der Waals surface area contributed by atoms with Crippen LogP contribution < -0.4 is 10.6 Å². The fraction of sp³-hybridized carbons (Fsp3) is 0.308. The van der Waals surface area contributed by atoms with E-state index in [2.05, 4.69) is 20.1 Å². The second-order valence-electron chi connectivity index (χ2n) is 3.82. The van der Waals surface area contributed by atoms with Crippen LogP contribution in [-0.2, 0) is 19.1 Å². The van der Waals surface area contributed by atoms with Crippen molar-refractivity contribution in [3.63, 3.8) is 0 Å². The molecular weight excluding hydrogens is 264 g/mol. The zero-order valence-corrected chi connectivity index (χ0v) is 11.2. The highest BCUT2D eigenvalue weighted by atomic mass is 16.5. The van der Waals surface area contributed by atoms with Crippen LogP contribution in [0.15, 0.2) is 30.3 Å². The Hall–Kier alpha value is -2.57. The third kappa shape index (κ3) is 4.97. The topological polar surface area (TPSA) is 93.7 Å². The van der Waals surface area contributed by atoms with Gasteiger partial charge < -0.3 is 20.1 Å². The number of benzene rings is 1. The first kappa shape index (κ1) is 15.5. The van der Waals surface area contributed by atoms with Gasteiger partial charge in [-0.2, -0.15) is 0 Å². The molecule has 0 aliphatic heterocycles. The van der Waals surface area contributed by atoms with E-state index in [-0.39, 0.29) is 6.42 Å². The molecule has 1 atom stereocenters. The molecule has 0 heterocycles. The molecular formula is C13H16N2O5. The summed E-state index contributed by atoms with van der Waals surface area (Å²) in [4.78, 5) is 34.4. The van der Waals surface area contributed by atoms with Gasteiger partial charge in [0.2, 0.25) is 0 Å². The molecule has 0 radical (unpaired) electrons. The number of esters is 2. The average Bonchev–Trinajstić information content (AvgIpc) is 2.46. The Bertz CT molecular complexity index is 475. The van der Waals surface area contributed by atoms with Gasteiger partial charge in [-0.25, -0.2) is 9.59 Å². The molecule has 0 aromatic heterocycles. The van der Waals surface area contributed by atoms with Crippen LogP contribution in [-0.4, -0.2) is 38.2 Å². The van der Waals surface area contributed by atoms with Crippen molar-refractivity contribution in [1.82, 2.24) is 5.32 Å². The van der Waals surface area contributed by atoms with Gasteiger partial charge in [-0.15, -0.1) is 0 Å². The van der Waals surface area contributed by atoms with Gasteiger partial charge in [0.1, 0.15) is 6.04 Å². The van der Waals surface area contributed by atoms with E-state index in [9.17, 15) is 14.4 Å². The summed E-state index contributed by atoms with van der Waals surface area (Å²) < 4.78 is 8.98. The van der Waals surface area contributed by atoms with E-state index in [1.54, 1.807) is 30.3 Å². The molecule has 0 fully saturated rings. The van der Waals surface area contributed by atoms with Crippen molar-refractivity contribution in [2.45, 2.75) is 12.5 Å². The highest BCUT2D eigenvalue weighted by Crippen LogP contribution is 2.05. The van der Waals surface area contributed by atoms with Crippen LogP contribution in [0.4, 0.5) is 10.5 Å². The normalized spacial score (nSPS) is 11.1. The number of carbonyl (C=O) groups is 3. The largest absolute Gasteiger partial charge is 0.469 e. The van der Waals surface area contributed by atoms with Crippen LogP contribution in [0, 0.1) is 0 Å². The summed E-state index contributed by atoms with van der Waals surface area (Å²) in [6, 6.07) is 6.97. The second-order valence-corrected chi connectivity index (χ2v) is 3.82. The standard InChI is InChI=1S/C13H16N2O5/c1-19-11(16)8-10(12(17)20-2)15-13(18)14-9-6-4-3-5-7-9/h3-7,10H,8H2,1-2H3,(H2,14,15,18)/t10-/m1/s1. The predicted molar refractivity (Wildman–Crippen MR) is 71.0 cm³/mol. The summed E-state index contributed by atoms with van der Waals surface area (Å²) in [5.41, 5.74) is 0.562. The first-order chi connectivity index (χ1) is 9.56. The Morgan fingerprint density at radius 1 is 1.10 bits per heavy atom. The molecule has 1 rings (SSSR count). The molecule has 7 heteroatoms. The van der Waals surface area contributed by atoms with Crippen molar-refractivity contribution in [3.05, 3.63) is 30.3 Å². The lowest BCUT2D eigenvalue weighted by atomic mass is 10.2. The predicted octanol–water partition coefficient (Wildman–Crippen LogP) is 0.913. The van der Waals surface area contributed by atoms with Crippen molar-refractivity contribution < 1.29 is 23.9 Å². The van der Waals surface area contributed by atoms with E-state index in [1.807, 2.05) is 0 Å². The average molecular weight is 280 g/mol. The van der Waals surface area contributed by atoms with E-state index < -0.39 is 24.0 Å². The molecule has 0 spiro atoms. The lowest BCUT2D eigenvalue weighted by Gasteiger charge is -2.15. The zero-order valence-electron chi connectivity index (χ0n) is 11.2. The van der Waals surface area contributed by atoms with Gasteiger partial charge in [0, 0.05) is 5.69 Å². The van der Waals surface area contributed by atoms with Gasteiger partial charge in [0.05, 0.1) is 20.6 Å². The number of nitrogens with one attached hydrogen (secondary N) is 2. The number of amides is 2. The Morgan fingerprint density at radius 2 is 1.75 bits per heavy atom. The van der Waals surface area contributed by atoms with Gasteiger partial charge in [-0.3, -0.25) is 4.79 Å². The number of para-hydroxylation sites is 1. The highest BCUT2D eigenvalue weighted by molar-refractivity contribution is 5.93. The molecule has 108 valence electrons. The number of urea groups is 1. The van der Waals surface area contributed by atoms with E-state index in [0.29, 0.717) is 5.69 Å². The summed E-state index contributed by atoms with van der Waals surface area (Å²) in [6.07, 6.45) is -0.300. The van der Waals surface area contributed by atoms with E-state index >= 15 is 0 Å². The summed E-state index contributed by atoms with van der Waals surface area (Å²) in [5, 5.41) is 4.89. The molecule has 1 aromatic carbocycles. The summed E-state index contributed by atoms with van der Waals surface area (Å²) in [5.74, 6) is -1.35. The number of rotatable bonds is 5. The van der Waals surface area contributed by atoms with Crippen LogP contribution in [0.2, 0.25) is 0 Å². The number of hydrogen-bond donors (Lipinski definition) is 2. The molecule has 2 N–H and O–H groups in total. The van der Waals surface area contributed by atoms with Crippen LogP contribution in [0.5, 0.6) is 0 Å². The molecule has 0 saturated heterocycles. The van der Waals surface area contributed by atoms with Gasteiger partial charge in [0.25, 0.3) is 0 Å². The SMILES string of the molecule is COC(=O)C[C@@H](NC(=O)Nc1ccccc1)C(=O)OC. The Kier molecular flexibility index (Phi) is 6.02.